The number of H-pyrrole nitrogens is 1. The van der Waals surface area contributed by atoms with Gasteiger partial charge in [0.1, 0.15) is 0 Å². The summed E-state index contributed by atoms with van der Waals surface area (Å²) in [5, 5.41) is 12.1. The summed E-state index contributed by atoms with van der Waals surface area (Å²) in [5.41, 5.74) is 2.13. The number of aromatic amines is 1. The third-order valence-corrected chi connectivity index (χ3v) is 3.72. The lowest BCUT2D eigenvalue weighted by Crippen LogP contribution is -2.38. The van der Waals surface area contributed by atoms with Crippen LogP contribution in [0.2, 0.25) is 0 Å². The van der Waals surface area contributed by atoms with Crippen LogP contribution in [-0.2, 0) is 25.9 Å². The summed E-state index contributed by atoms with van der Waals surface area (Å²) in [6.45, 7) is 5.40. The molecule has 2 amide bonds. The highest BCUT2D eigenvalue weighted by Crippen LogP contribution is 2.09. The van der Waals surface area contributed by atoms with Gasteiger partial charge in [0.15, 0.2) is 0 Å². The van der Waals surface area contributed by atoms with Crippen LogP contribution in [0.3, 0.4) is 0 Å². The molecule has 0 radical (unpaired) electrons. The topological polar surface area (TPSA) is 91.8 Å². The molecule has 0 aliphatic carbocycles. The Bertz CT molecular complexity index is 691. The Labute approximate surface area is 135 Å². The van der Waals surface area contributed by atoms with Crippen LogP contribution in [0.5, 0.6) is 0 Å². The standard InChI is InChI=1S/C16H23N5O2/c1-3-12-13(15(22)20-19-14(12)4-2)11-18-16(23)17-7-10-21-8-5-6-9-21/h5-6,8-9H,3-4,7,10-11H2,1-2H3,(H,20,22)(H2,17,18,23). The summed E-state index contributed by atoms with van der Waals surface area (Å²) < 4.78 is 1.98. The predicted octanol–water partition coefficient (Wildman–Crippen LogP) is 1.20. The van der Waals surface area contributed by atoms with Crippen LogP contribution < -0.4 is 16.2 Å². The van der Waals surface area contributed by atoms with Gasteiger partial charge in [-0.1, -0.05) is 13.8 Å². The first kappa shape index (κ1) is 16.8. The van der Waals surface area contributed by atoms with Crippen LogP contribution in [0.15, 0.2) is 29.3 Å². The molecule has 0 fully saturated rings. The molecule has 0 bridgehead atoms. The van der Waals surface area contributed by atoms with E-state index < -0.39 is 0 Å². The average Bonchev–Trinajstić information content (AvgIpc) is 3.06. The van der Waals surface area contributed by atoms with Crippen molar-refractivity contribution in [1.29, 1.82) is 0 Å². The van der Waals surface area contributed by atoms with Crippen molar-refractivity contribution in [3.63, 3.8) is 0 Å². The molecule has 2 aromatic rings. The van der Waals surface area contributed by atoms with Crippen molar-refractivity contribution < 1.29 is 4.79 Å². The molecule has 0 saturated heterocycles. The third-order valence-electron chi connectivity index (χ3n) is 3.72. The molecule has 2 aromatic heterocycles. The molecule has 124 valence electrons. The first-order valence-electron chi connectivity index (χ1n) is 7.87. The maximum absolute atomic E-state index is 12.0. The summed E-state index contributed by atoms with van der Waals surface area (Å²) in [6, 6.07) is 3.59. The molecule has 2 heterocycles. The minimum Gasteiger partial charge on any atom is -0.353 e. The van der Waals surface area contributed by atoms with Crippen molar-refractivity contribution >= 4 is 6.03 Å². The van der Waals surface area contributed by atoms with E-state index in [2.05, 4.69) is 20.8 Å². The Morgan fingerprint density at radius 1 is 1.17 bits per heavy atom. The van der Waals surface area contributed by atoms with Gasteiger partial charge in [-0.15, -0.1) is 0 Å². The lowest BCUT2D eigenvalue weighted by molar-refractivity contribution is 0.240. The first-order chi connectivity index (χ1) is 11.2. The molecule has 2 rings (SSSR count). The Morgan fingerprint density at radius 3 is 2.57 bits per heavy atom. The molecule has 0 aromatic carbocycles. The minimum atomic E-state index is -0.284. The highest BCUT2D eigenvalue weighted by molar-refractivity contribution is 5.73. The molecule has 7 nitrogen and oxygen atoms in total. The van der Waals surface area contributed by atoms with Gasteiger partial charge in [0.2, 0.25) is 0 Å². The number of carbonyl (C=O) groups is 1. The van der Waals surface area contributed by atoms with Crippen molar-refractivity contribution in [3.05, 3.63) is 51.7 Å². The van der Waals surface area contributed by atoms with Gasteiger partial charge in [-0.25, -0.2) is 9.89 Å². The second kappa shape index (κ2) is 8.17. The highest BCUT2D eigenvalue weighted by Gasteiger charge is 2.12. The van der Waals surface area contributed by atoms with E-state index in [1.807, 2.05) is 42.9 Å². The summed E-state index contributed by atoms with van der Waals surface area (Å²) in [7, 11) is 0. The molecule has 7 heteroatoms. The molecular formula is C16H23N5O2. The zero-order valence-electron chi connectivity index (χ0n) is 13.6. The number of nitrogens with zero attached hydrogens (tertiary/aromatic N) is 2. The van der Waals surface area contributed by atoms with Gasteiger partial charge < -0.3 is 15.2 Å². The van der Waals surface area contributed by atoms with Crippen LogP contribution in [0.1, 0.15) is 30.7 Å². The number of carbonyl (C=O) groups excluding carboxylic acids is 1. The number of nitrogens with one attached hydrogen (secondary N) is 3. The zero-order valence-corrected chi connectivity index (χ0v) is 13.6. The maximum atomic E-state index is 12.0. The van der Waals surface area contributed by atoms with E-state index >= 15 is 0 Å². The molecule has 0 atom stereocenters. The van der Waals surface area contributed by atoms with E-state index in [0.717, 1.165) is 17.7 Å². The van der Waals surface area contributed by atoms with E-state index in [9.17, 15) is 9.59 Å². The Morgan fingerprint density at radius 2 is 1.91 bits per heavy atom. The molecule has 0 aliphatic heterocycles. The fraction of sp³-hybridized carbons (Fsp3) is 0.438. The van der Waals surface area contributed by atoms with Crippen LogP contribution in [0, 0.1) is 0 Å². The molecule has 0 spiro atoms. The Balaban J connectivity index is 1.90. The Kier molecular flexibility index (Phi) is 5.96. The fourth-order valence-corrected chi connectivity index (χ4v) is 2.51. The maximum Gasteiger partial charge on any atom is 0.315 e. The van der Waals surface area contributed by atoms with Crippen molar-refractivity contribution in [1.82, 2.24) is 25.4 Å². The molecule has 0 saturated carbocycles. The van der Waals surface area contributed by atoms with Crippen molar-refractivity contribution in [2.45, 2.75) is 39.8 Å². The van der Waals surface area contributed by atoms with E-state index in [0.29, 0.717) is 25.1 Å². The quantitative estimate of drug-likeness (QED) is 0.716. The van der Waals surface area contributed by atoms with Gasteiger partial charge in [0.05, 0.1) is 12.2 Å². The lowest BCUT2D eigenvalue weighted by atomic mass is 10.0. The summed E-state index contributed by atoms with van der Waals surface area (Å²) in [5.74, 6) is 0. The Hall–Kier alpha value is -2.57. The molecule has 0 aliphatic rings. The number of hydrogen-bond acceptors (Lipinski definition) is 3. The number of rotatable bonds is 7. The smallest absolute Gasteiger partial charge is 0.315 e. The van der Waals surface area contributed by atoms with Crippen molar-refractivity contribution in [3.8, 4) is 0 Å². The third kappa shape index (κ3) is 4.45. The number of amides is 2. The van der Waals surface area contributed by atoms with Gasteiger partial charge >= 0.3 is 6.03 Å². The van der Waals surface area contributed by atoms with E-state index in [-0.39, 0.29) is 18.1 Å². The van der Waals surface area contributed by atoms with Crippen LogP contribution in [-0.4, -0.2) is 27.3 Å². The van der Waals surface area contributed by atoms with Crippen LogP contribution in [0.25, 0.3) is 0 Å². The second-order valence-electron chi connectivity index (χ2n) is 5.19. The highest BCUT2D eigenvalue weighted by atomic mass is 16.2. The van der Waals surface area contributed by atoms with E-state index in [4.69, 9.17) is 0 Å². The second-order valence-corrected chi connectivity index (χ2v) is 5.19. The van der Waals surface area contributed by atoms with Gasteiger partial charge in [-0.3, -0.25) is 4.79 Å². The largest absolute Gasteiger partial charge is 0.353 e. The summed E-state index contributed by atoms with van der Waals surface area (Å²) in [6.07, 6.45) is 5.34. The monoisotopic (exact) mass is 317 g/mol. The average molecular weight is 317 g/mol. The minimum absolute atomic E-state index is 0.198. The number of aromatic nitrogens is 3. The number of hydrogen-bond donors (Lipinski definition) is 3. The molecule has 3 N–H and O–H groups in total. The van der Waals surface area contributed by atoms with Crippen molar-refractivity contribution in [2.24, 2.45) is 0 Å². The molecule has 23 heavy (non-hydrogen) atoms. The molecule has 0 unspecified atom stereocenters. The summed E-state index contributed by atoms with van der Waals surface area (Å²) >= 11 is 0. The van der Waals surface area contributed by atoms with Gasteiger partial charge in [-0.2, -0.15) is 5.10 Å². The van der Waals surface area contributed by atoms with E-state index in [1.54, 1.807) is 0 Å². The first-order valence-corrected chi connectivity index (χ1v) is 7.87. The zero-order chi connectivity index (χ0) is 16.7. The van der Waals surface area contributed by atoms with Gasteiger partial charge in [0.25, 0.3) is 5.56 Å². The molecular weight excluding hydrogens is 294 g/mol. The van der Waals surface area contributed by atoms with Gasteiger partial charge in [-0.05, 0) is 30.5 Å². The number of urea groups is 1. The lowest BCUT2D eigenvalue weighted by Gasteiger charge is -2.12. The van der Waals surface area contributed by atoms with Crippen LogP contribution in [0.4, 0.5) is 4.79 Å². The van der Waals surface area contributed by atoms with E-state index in [1.165, 1.54) is 0 Å². The normalized spacial score (nSPS) is 10.5. The fourth-order valence-electron chi connectivity index (χ4n) is 2.51. The SMILES string of the molecule is CCc1n[nH]c(=O)c(CNC(=O)NCCn2cccc2)c1CC. The summed E-state index contributed by atoms with van der Waals surface area (Å²) in [4.78, 5) is 23.8. The van der Waals surface area contributed by atoms with Gasteiger partial charge in [0, 0.05) is 31.0 Å². The van der Waals surface area contributed by atoms with Crippen LogP contribution >= 0.6 is 0 Å². The predicted molar refractivity (Wildman–Crippen MR) is 88.3 cm³/mol. The number of aryl methyl sites for hydroxylation is 1. The van der Waals surface area contributed by atoms with Crippen molar-refractivity contribution in [2.75, 3.05) is 6.54 Å².